The van der Waals surface area contributed by atoms with E-state index in [1.54, 1.807) is 6.20 Å². The number of hydrogen-bond acceptors (Lipinski definition) is 6. The summed E-state index contributed by atoms with van der Waals surface area (Å²) in [5.74, 6) is 0.325. The van der Waals surface area contributed by atoms with Gasteiger partial charge in [-0.05, 0) is 40.7 Å². The Morgan fingerprint density at radius 2 is 2.14 bits per heavy atom. The van der Waals surface area contributed by atoms with E-state index in [4.69, 9.17) is 14.6 Å². The Bertz CT molecular complexity index is 1080. The number of carbonyl (C=O) groups is 1. The van der Waals surface area contributed by atoms with E-state index in [9.17, 15) is 4.79 Å². The highest BCUT2D eigenvalue weighted by molar-refractivity contribution is 5.89. The summed E-state index contributed by atoms with van der Waals surface area (Å²) >= 11 is 0. The van der Waals surface area contributed by atoms with Crippen LogP contribution in [0.25, 0.3) is 22.2 Å². The smallest absolute Gasteiger partial charge is 0.246 e. The predicted octanol–water partition coefficient (Wildman–Crippen LogP) is 2.48. The van der Waals surface area contributed by atoms with Crippen molar-refractivity contribution in [2.45, 2.75) is 58.8 Å². The molecule has 9 heteroatoms. The van der Waals surface area contributed by atoms with Crippen LogP contribution in [-0.2, 0) is 22.2 Å². The van der Waals surface area contributed by atoms with Gasteiger partial charge < -0.3 is 4.74 Å². The van der Waals surface area contributed by atoms with Crippen molar-refractivity contribution in [3.05, 3.63) is 24.2 Å². The Balaban J connectivity index is 1.75. The van der Waals surface area contributed by atoms with Crippen LogP contribution in [0.2, 0.25) is 0 Å². The number of hydrogen-bond donors (Lipinski definition) is 1. The molecule has 2 atom stereocenters. The number of amides is 1. The quantitative estimate of drug-likeness (QED) is 0.725. The summed E-state index contributed by atoms with van der Waals surface area (Å²) in [6.07, 6.45) is 3.29. The van der Waals surface area contributed by atoms with Crippen LogP contribution < -0.4 is 10.2 Å². The lowest BCUT2D eigenvalue weighted by atomic mass is 10.1. The van der Waals surface area contributed by atoms with Gasteiger partial charge in [-0.15, -0.1) is 0 Å². The molecule has 0 radical (unpaired) electrons. The van der Waals surface area contributed by atoms with Crippen molar-refractivity contribution in [2.24, 2.45) is 7.05 Å². The summed E-state index contributed by atoms with van der Waals surface area (Å²) in [4.78, 5) is 21.6. The van der Waals surface area contributed by atoms with E-state index in [2.05, 4.69) is 36.4 Å². The van der Waals surface area contributed by atoms with Crippen LogP contribution in [0, 0.1) is 6.92 Å². The van der Waals surface area contributed by atoms with E-state index in [0.29, 0.717) is 5.88 Å². The number of fused-ring (bicyclic) bond motifs is 1. The van der Waals surface area contributed by atoms with Gasteiger partial charge in [0.15, 0.2) is 0 Å². The Hall–Kier alpha value is -2.94. The minimum absolute atomic E-state index is 0.128. The molecule has 9 nitrogen and oxygen atoms in total. The van der Waals surface area contributed by atoms with Crippen molar-refractivity contribution >= 4 is 16.8 Å². The van der Waals surface area contributed by atoms with Gasteiger partial charge in [0.05, 0.1) is 29.2 Å². The van der Waals surface area contributed by atoms with Gasteiger partial charge in [0, 0.05) is 24.5 Å². The molecule has 0 aromatic carbocycles. The number of aryl methyl sites for hydroxylation is 2. The monoisotopic (exact) mass is 398 g/mol. The van der Waals surface area contributed by atoms with Crippen molar-refractivity contribution < 1.29 is 14.4 Å². The second-order valence-electron chi connectivity index (χ2n) is 8.47. The molecule has 0 saturated carbocycles. The van der Waals surface area contributed by atoms with Gasteiger partial charge in [0.2, 0.25) is 11.8 Å². The molecule has 1 aliphatic heterocycles. The fraction of sp³-hybridized carbons (Fsp3) is 0.500. The summed E-state index contributed by atoms with van der Waals surface area (Å²) in [7, 11) is 1.89. The Kier molecular flexibility index (Phi) is 4.57. The fourth-order valence-electron chi connectivity index (χ4n) is 3.30. The summed E-state index contributed by atoms with van der Waals surface area (Å²) in [6.45, 7) is 10.1. The van der Waals surface area contributed by atoms with Crippen LogP contribution in [0.15, 0.2) is 18.5 Å². The van der Waals surface area contributed by atoms with E-state index in [0.717, 1.165) is 27.9 Å². The number of ether oxygens (including phenoxy) is 1. The Morgan fingerprint density at radius 1 is 1.38 bits per heavy atom. The highest BCUT2D eigenvalue weighted by Crippen LogP contribution is 2.32. The highest BCUT2D eigenvalue weighted by atomic mass is 16.7. The van der Waals surface area contributed by atoms with Gasteiger partial charge in [-0.25, -0.2) is 10.5 Å². The van der Waals surface area contributed by atoms with Crippen LogP contribution in [0.5, 0.6) is 5.88 Å². The number of hydroxylamine groups is 1. The maximum absolute atomic E-state index is 11.5. The number of nitrogens with one attached hydrogen (secondary N) is 1. The van der Waals surface area contributed by atoms with E-state index in [1.807, 2.05) is 42.5 Å². The zero-order chi connectivity index (χ0) is 20.9. The molecule has 0 spiro atoms. The SMILES string of the molecule is Cc1c2c(O[C@H](C)[C@H]3CC(=O)NO3)nc(-c3cnn(C(C)(C)C)c3)cc2nn1C. The number of rotatable bonds is 4. The lowest BCUT2D eigenvalue weighted by Crippen LogP contribution is -2.29. The summed E-state index contributed by atoms with van der Waals surface area (Å²) in [5, 5.41) is 9.93. The van der Waals surface area contributed by atoms with Gasteiger partial charge in [-0.1, -0.05) is 0 Å². The summed E-state index contributed by atoms with van der Waals surface area (Å²) in [6, 6.07) is 1.95. The molecule has 1 aliphatic rings. The first kappa shape index (κ1) is 19.4. The van der Waals surface area contributed by atoms with Crippen molar-refractivity contribution in [1.29, 1.82) is 0 Å². The molecule has 1 amide bonds. The van der Waals surface area contributed by atoms with Gasteiger partial charge in [0.25, 0.3) is 0 Å². The van der Waals surface area contributed by atoms with Gasteiger partial charge in [-0.2, -0.15) is 10.2 Å². The van der Waals surface area contributed by atoms with Crippen LogP contribution in [-0.4, -0.2) is 42.7 Å². The molecular formula is C20H26N6O3. The number of aromatic nitrogens is 5. The molecular weight excluding hydrogens is 372 g/mol. The molecule has 1 N–H and O–H groups in total. The Labute approximate surface area is 169 Å². The first-order valence-corrected chi connectivity index (χ1v) is 9.64. The first-order chi connectivity index (χ1) is 13.6. The van der Waals surface area contributed by atoms with Gasteiger partial charge in [0.1, 0.15) is 17.7 Å². The van der Waals surface area contributed by atoms with Crippen molar-refractivity contribution in [3.8, 4) is 17.1 Å². The van der Waals surface area contributed by atoms with Crippen LogP contribution in [0.4, 0.5) is 0 Å². The largest absolute Gasteiger partial charge is 0.471 e. The number of carbonyl (C=O) groups excluding carboxylic acids is 1. The van der Waals surface area contributed by atoms with Crippen molar-refractivity contribution in [3.63, 3.8) is 0 Å². The zero-order valence-electron chi connectivity index (χ0n) is 17.6. The summed E-state index contributed by atoms with van der Waals surface area (Å²) < 4.78 is 9.90. The molecule has 1 fully saturated rings. The standard InChI is InChI=1S/C20H26N6O3/c1-11-18-15(23-25(11)6)7-14(13-9-21-26(10-13)20(3,4)5)22-19(18)28-12(2)16-8-17(27)24-29-16/h7,9-10,12,16H,8H2,1-6H3,(H,24,27)/t12-,16-/m1/s1. The lowest BCUT2D eigenvalue weighted by molar-refractivity contribution is -0.125. The second-order valence-corrected chi connectivity index (χ2v) is 8.47. The fourth-order valence-corrected chi connectivity index (χ4v) is 3.30. The summed E-state index contributed by atoms with van der Waals surface area (Å²) in [5.41, 5.74) is 5.61. The van der Waals surface area contributed by atoms with Gasteiger partial charge >= 0.3 is 0 Å². The van der Waals surface area contributed by atoms with E-state index in [1.165, 1.54) is 0 Å². The molecule has 29 heavy (non-hydrogen) atoms. The van der Waals surface area contributed by atoms with Crippen LogP contribution in [0.1, 0.15) is 39.8 Å². The molecule has 0 bridgehead atoms. The van der Waals surface area contributed by atoms with Crippen LogP contribution in [0.3, 0.4) is 0 Å². The first-order valence-electron chi connectivity index (χ1n) is 9.64. The molecule has 3 aromatic rings. The third-order valence-corrected chi connectivity index (χ3v) is 5.17. The average molecular weight is 398 g/mol. The molecule has 0 unspecified atom stereocenters. The number of pyridine rings is 1. The van der Waals surface area contributed by atoms with Crippen LogP contribution >= 0.6 is 0 Å². The van der Waals surface area contributed by atoms with Gasteiger partial charge in [-0.3, -0.25) is 19.0 Å². The minimum Gasteiger partial charge on any atom is -0.471 e. The third kappa shape index (κ3) is 3.57. The molecule has 154 valence electrons. The van der Waals surface area contributed by atoms with E-state index in [-0.39, 0.29) is 30.1 Å². The topological polar surface area (TPSA) is 96.1 Å². The molecule has 3 aromatic heterocycles. The molecule has 4 heterocycles. The maximum Gasteiger partial charge on any atom is 0.246 e. The highest BCUT2D eigenvalue weighted by Gasteiger charge is 2.31. The van der Waals surface area contributed by atoms with E-state index < -0.39 is 0 Å². The molecule has 1 saturated heterocycles. The van der Waals surface area contributed by atoms with Crippen molar-refractivity contribution in [1.82, 2.24) is 30.0 Å². The average Bonchev–Trinajstić information content (AvgIpc) is 3.34. The molecule has 0 aliphatic carbocycles. The normalized spacial score (nSPS) is 18.3. The minimum atomic E-state index is -0.372. The Morgan fingerprint density at radius 3 is 2.76 bits per heavy atom. The van der Waals surface area contributed by atoms with E-state index >= 15 is 0 Å². The zero-order valence-corrected chi connectivity index (χ0v) is 17.6. The maximum atomic E-state index is 11.5. The second kappa shape index (κ2) is 6.84. The molecule has 4 rings (SSSR count). The lowest BCUT2D eigenvalue weighted by Gasteiger charge is -2.19. The number of nitrogens with zero attached hydrogens (tertiary/aromatic N) is 5. The third-order valence-electron chi connectivity index (χ3n) is 5.17. The predicted molar refractivity (Wildman–Crippen MR) is 107 cm³/mol. The van der Waals surface area contributed by atoms with Crippen molar-refractivity contribution in [2.75, 3.05) is 0 Å².